The predicted octanol–water partition coefficient (Wildman–Crippen LogP) is 5.90. The van der Waals surface area contributed by atoms with E-state index in [9.17, 15) is 21.6 Å². The van der Waals surface area contributed by atoms with Crippen LogP contribution in [0.4, 0.5) is 13.2 Å². The highest BCUT2D eigenvalue weighted by Gasteiger charge is 2.33. The van der Waals surface area contributed by atoms with Crippen LogP contribution in [0.25, 0.3) is 10.6 Å². The van der Waals surface area contributed by atoms with Crippen LogP contribution in [-0.2, 0) is 22.7 Å². The maximum absolute atomic E-state index is 13.7. The maximum Gasteiger partial charge on any atom is 0.416 e. The summed E-state index contributed by atoms with van der Waals surface area (Å²) in [4.78, 5) is 4.82. The van der Waals surface area contributed by atoms with Crippen molar-refractivity contribution in [2.24, 2.45) is 0 Å². The molecule has 1 aliphatic rings. The summed E-state index contributed by atoms with van der Waals surface area (Å²) in [7, 11) is -3.77. The molecule has 3 aromatic rings. The first-order chi connectivity index (χ1) is 16.6. The number of piperidine rings is 1. The third-order valence-electron chi connectivity index (χ3n) is 6.20. The van der Waals surface area contributed by atoms with Gasteiger partial charge < -0.3 is 5.32 Å². The number of benzene rings is 2. The summed E-state index contributed by atoms with van der Waals surface area (Å²) in [5.74, 6) is 0.297. The van der Waals surface area contributed by atoms with Gasteiger partial charge in [0, 0.05) is 17.0 Å². The lowest BCUT2D eigenvalue weighted by Crippen LogP contribution is -2.45. The van der Waals surface area contributed by atoms with Gasteiger partial charge in [-0.3, -0.25) is 0 Å². The van der Waals surface area contributed by atoms with E-state index < -0.39 is 21.8 Å². The van der Waals surface area contributed by atoms with Crippen molar-refractivity contribution < 1.29 is 21.6 Å². The average molecular weight is 524 g/mol. The molecule has 0 unspecified atom stereocenters. The second-order valence-electron chi connectivity index (χ2n) is 8.97. The van der Waals surface area contributed by atoms with Crippen LogP contribution in [0.15, 0.2) is 58.8 Å². The fourth-order valence-electron chi connectivity index (χ4n) is 4.14. The molecule has 0 spiro atoms. The lowest BCUT2D eigenvalue weighted by molar-refractivity contribution is -0.137. The predicted molar refractivity (Wildman–Crippen MR) is 132 cm³/mol. The molecule has 5 nitrogen and oxygen atoms in total. The summed E-state index contributed by atoms with van der Waals surface area (Å²) in [6.45, 7) is 5.69. The Labute approximate surface area is 208 Å². The minimum atomic E-state index is -4.40. The van der Waals surface area contributed by atoms with Crippen molar-refractivity contribution in [2.75, 3.05) is 13.1 Å². The van der Waals surface area contributed by atoms with E-state index in [1.165, 1.54) is 27.8 Å². The Morgan fingerprint density at radius 2 is 1.69 bits per heavy atom. The van der Waals surface area contributed by atoms with Crippen molar-refractivity contribution in [3.05, 3.63) is 70.7 Å². The second kappa shape index (κ2) is 10.4. The van der Waals surface area contributed by atoms with Gasteiger partial charge in [-0.15, -0.1) is 11.3 Å². The summed E-state index contributed by atoms with van der Waals surface area (Å²) >= 11 is 1.29. The van der Waals surface area contributed by atoms with Gasteiger partial charge in [0.1, 0.15) is 5.01 Å². The fraction of sp³-hybridized carbons (Fsp3) is 0.400. The van der Waals surface area contributed by atoms with Crippen LogP contribution in [0.2, 0.25) is 0 Å². The molecule has 0 aliphatic carbocycles. The third kappa shape index (κ3) is 5.94. The molecular formula is C25H28F3N3O2S2. The fourth-order valence-corrected chi connectivity index (χ4v) is 6.61. The zero-order valence-electron chi connectivity index (χ0n) is 19.5. The summed E-state index contributed by atoms with van der Waals surface area (Å²) in [6.07, 6.45) is -3.01. The second-order valence-corrected chi connectivity index (χ2v) is 11.7. The van der Waals surface area contributed by atoms with E-state index in [1.54, 1.807) is 17.5 Å². The number of hydrogen-bond acceptors (Lipinski definition) is 5. The number of nitrogens with zero attached hydrogens (tertiary/aromatic N) is 2. The summed E-state index contributed by atoms with van der Waals surface area (Å²) < 4.78 is 67.6. The van der Waals surface area contributed by atoms with E-state index in [0.29, 0.717) is 35.0 Å². The monoisotopic (exact) mass is 523 g/mol. The van der Waals surface area contributed by atoms with Crippen molar-refractivity contribution >= 4 is 21.4 Å². The Morgan fingerprint density at radius 3 is 2.26 bits per heavy atom. The van der Waals surface area contributed by atoms with E-state index in [0.717, 1.165) is 30.8 Å². The number of rotatable bonds is 7. The van der Waals surface area contributed by atoms with E-state index in [1.807, 2.05) is 12.1 Å². The lowest BCUT2D eigenvalue weighted by Gasteiger charge is -2.33. The number of alkyl halides is 3. The molecule has 0 bridgehead atoms. The van der Waals surface area contributed by atoms with E-state index in [-0.39, 0.29) is 17.5 Å². The van der Waals surface area contributed by atoms with Gasteiger partial charge in [-0.2, -0.15) is 17.5 Å². The molecule has 4 rings (SSSR count). The first-order valence-corrected chi connectivity index (χ1v) is 13.8. The SMILES string of the molecule is CC(C)c1ccc(S(=O)(=O)N(Cc2csc(-c3ccc(C(F)(F)F)cc3)n2)C2CCNCC2)cc1. The van der Waals surface area contributed by atoms with Gasteiger partial charge >= 0.3 is 6.18 Å². The number of nitrogens with one attached hydrogen (secondary N) is 1. The molecule has 0 atom stereocenters. The highest BCUT2D eigenvalue weighted by molar-refractivity contribution is 7.89. The Hall–Kier alpha value is -2.27. The van der Waals surface area contributed by atoms with E-state index in [2.05, 4.69) is 24.1 Å². The molecule has 1 aliphatic heterocycles. The minimum Gasteiger partial charge on any atom is -0.317 e. The van der Waals surface area contributed by atoms with Crippen LogP contribution in [-0.4, -0.2) is 36.8 Å². The first-order valence-electron chi connectivity index (χ1n) is 11.5. The van der Waals surface area contributed by atoms with Crippen LogP contribution in [0.5, 0.6) is 0 Å². The molecule has 1 fully saturated rings. The summed E-state index contributed by atoms with van der Waals surface area (Å²) in [5.41, 5.74) is 1.49. The Kier molecular flexibility index (Phi) is 7.65. The molecule has 2 heterocycles. The standard InChI is InChI=1S/C25H28F3N3O2S2/c1-17(2)18-5-9-23(10-6-18)35(32,33)31(22-11-13-29-14-12-22)15-21-16-34-24(30-21)19-3-7-20(8-4-19)25(26,27)28/h3-10,16-17,22,29H,11-15H2,1-2H3. The van der Waals surface area contributed by atoms with Gasteiger partial charge in [0.2, 0.25) is 10.0 Å². The van der Waals surface area contributed by atoms with Crippen LogP contribution in [0.1, 0.15) is 49.4 Å². The Bertz CT molecular complexity index is 1230. The van der Waals surface area contributed by atoms with E-state index in [4.69, 9.17) is 0 Å². The molecule has 0 saturated carbocycles. The molecule has 10 heteroatoms. The molecule has 2 aromatic carbocycles. The Balaban J connectivity index is 1.60. The van der Waals surface area contributed by atoms with Crippen molar-refractivity contribution in [1.29, 1.82) is 0 Å². The highest BCUT2D eigenvalue weighted by atomic mass is 32.2. The van der Waals surface area contributed by atoms with Gasteiger partial charge in [-0.05, 0) is 61.7 Å². The molecule has 35 heavy (non-hydrogen) atoms. The van der Waals surface area contributed by atoms with Gasteiger partial charge in [0.25, 0.3) is 0 Å². The van der Waals surface area contributed by atoms with Gasteiger partial charge in [0.15, 0.2) is 0 Å². The topological polar surface area (TPSA) is 62.3 Å². The number of thiazole rings is 1. The molecule has 0 radical (unpaired) electrons. The Morgan fingerprint density at radius 1 is 1.06 bits per heavy atom. The van der Waals surface area contributed by atoms with Crippen LogP contribution < -0.4 is 5.32 Å². The molecule has 188 valence electrons. The van der Waals surface area contributed by atoms with Crippen LogP contribution in [0, 0.1) is 0 Å². The molecule has 1 saturated heterocycles. The van der Waals surface area contributed by atoms with Crippen molar-refractivity contribution in [2.45, 2.75) is 56.3 Å². The average Bonchev–Trinajstić information content (AvgIpc) is 3.31. The van der Waals surface area contributed by atoms with Crippen LogP contribution >= 0.6 is 11.3 Å². The first kappa shape index (κ1) is 25.8. The molecule has 0 amide bonds. The van der Waals surface area contributed by atoms with Gasteiger partial charge in [0.05, 0.1) is 22.7 Å². The van der Waals surface area contributed by atoms with Gasteiger partial charge in [-0.25, -0.2) is 13.4 Å². The van der Waals surface area contributed by atoms with E-state index >= 15 is 0 Å². The number of aromatic nitrogens is 1. The quantitative estimate of drug-likeness (QED) is 0.419. The smallest absolute Gasteiger partial charge is 0.317 e. The highest BCUT2D eigenvalue weighted by Crippen LogP contribution is 2.33. The molecular weight excluding hydrogens is 495 g/mol. The largest absolute Gasteiger partial charge is 0.416 e. The summed E-state index contributed by atoms with van der Waals surface area (Å²) in [5, 5.41) is 5.60. The zero-order chi connectivity index (χ0) is 25.2. The van der Waals surface area contributed by atoms with Crippen molar-refractivity contribution in [3.8, 4) is 10.6 Å². The van der Waals surface area contributed by atoms with Crippen LogP contribution in [0.3, 0.4) is 0 Å². The summed E-state index contributed by atoms with van der Waals surface area (Å²) in [6, 6.07) is 11.7. The zero-order valence-corrected chi connectivity index (χ0v) is 21.2. The van der Waals surface area contributed by atoms with Gasteiger partial charge in [-0.1, -0.05) is 38.1 Å². The molecule has 1 N–H and O–H groups in total. The van der Waals surface area contributed by atoms with Crippen molar-refractivity contribution in [3.63, 3.8) is 0 Å². The third-order valence-corrected chi connectivity index (χ3v) is 9.05. The maximum atomic E-state index is 13.7. The molecule has 1 aromatic heterocycles. The normalized spacial score (nSPS) is 15.7. The number of hydrogen-bond donors (Lipinski definition) is 1. The minimum absolute atomic E-state index is 0.107. The number of sulfonamides is 1. The van der Waals surface area contributed by atoms with Crippen molar-refractivity contribution in [1.82, 2.24) is 14.6 Å². The lowest BCUT2D eigenvalue weighted by atomic mass is 10.0. The number of halogens is 3.